The number of pyridine rings is 1. The molecule has 2 aliphatic rings. The fourth-order valence-electron chi connectivity index (χ4n) is 3.40. The van der Waals surface area contributed by atoms with Gasteiger partial charge in [0.15, 0.2) is 0 Å². The van der Waals surface area contributed by atoms with Crippen molar-refractivity contribution in [2.24, 2.45) is 0 Å². The van der Waals surface area contributed by atoms with Gasteiger partial charge in [-0.3, -0.25) is 0 Å². The molecule has 3 nitrogen and oxygen atoms in total. The SMILES string of the molecule is CN1C2CCC1CC(O)(c1cccnc1F)C2. The van der Waals surface area contributed by atoms with Gasteiger partial charge in [-0.1, -0.05) is 6.07 Å². The highest BCUT2D eigenvalue weighted by Gasteiger charge is 2.47. The van der Waals surface area contributed by atoms with Crippen molar-refractivity contribution in [3.8, 4) is 0 Å². The molecule has 2 fully saturated rings. The van der Waals surface area contributed by atoms with E-state index in [0.29, 0.717) is 30.5 Å². The maximum Gasteiger partial charge on any atom is 0.218 e. The summed E-state index contributed by atoms with van der Waals surface area (Å²) in [4.78, 5) is 5.97. The number of hydrogen-bond donors (Lipinski definition) is 1. The van der Waals surface area contributed by atoms with E-state index in [2.05, 4.69) is 16.9 Å². The van der Waals surface area contributed by atoms with E-state index < -0.39 is 11.5 Å². The van der Waals surface area contributed by atoms with E-state index in [9.17, 15) is 9.50 Å². The third kappa shape index (κ3) is 1.67. The van der Waals surface area contributed by atoms with Crippen molar-refractivity contribution < 1.29 is 9.50 Å². The minimum atomic E-state index is -1.03. The number of fused-ring (bicyclic) bond motifs is 2. The zero-order valence-corrected chi connectivity index (χ0v) is 9.93. The third-order valence-corrected chi connectivity index (χ3v) is 4.39. The summed E-state index contributed by atoms with van der Waals surface area (Å²) in [6.07, 6.45) is 4.85. The summed E-state index contributed by atoms with van der Waals surface area (Å²) in [5.74, 6) is -0.529. The zero-order chi connectivity index (χ0) is 12.0. The number of nitrogens with zero attached hydrogens (tertiary/aromatic N) is 2. The van der Waals surface area contributed by atoms with Gasteiger partial charge < -0.3 is 10.0 Å². The van der Waals surface area contributed by atoms with Crippen molar-refractivity contribution >= 4 is 0 Å². The molecule has 2 unspecified atom stereocenters. The van der Waals surface area contributed by atoms with Gasteiger partial charge in [0.2, 0.25) is 5.95 Å². The van der Waals surface area contributed by atoms with Gasteiger partial charge in [-0.2, -0.15) is 4.39 Å². The second-order valence-electron chi connectivity index (χ2n) is 5.33. The first kappa shape index (κ1) is 11.1. The predicted octanol–water partition coefficient (Wildman–Crippen LogP) is 1.66. The molecule has 2 atom stereocenters. The standard InChI is InChI=1S/C13H17FN2O/c1-16-9-4-5-10(16)8-13(17,7-9)11-3-2-6-15-12(11)14/h2-3,6,9-10,17H,4-5,7-8H2,1H3. The highest BCUT2D eigenvalue weighted by atomic mass is 19.1. The molecule has 1 aromatic heterocycles. The van der Waals surface area contributed by atoms with Crippen LogP contribution in [0.15, 0.2) is 18.3 Å². The lowest BCUT2D eigenvalue weighted by atomic mass is 9.81. The van der Waals surface area contributed by atoms with Crippen LogP contribution >= 0.6 is 0 Å². The van der Waals surface area contributed by atoms with Crippen LogP contribution in [-0.2, 0) is 5.60 Å². The summed E-state index contributed by atoms with van der Waals surface area (Å²) < 4.78 is 13.7. The molecule has 0 saturated carbocycles. The molecule has 17 heavy (non-hydrogen) atoms. The van der Waals surface area contributed by atoms with Crippen molar-refractivity contribution in [1.82, 2.24) is 9.88 Å². The van der Waals surface area contributed by atoms with E-state index in [0.717, 1.165) is 12.8 Å². The van der Waals surface area contributed by atoms with Gasteiger partial charge in [-0.05, 0) is 38.8 Å². The summed E-state index contributed by atoms with van der Waals surface area (Å²) >= 11 is 0. The molecular weight excluding hydrogens is 219 g/mol. The van der Waals surface area contributed by atoms with E-state index >= 15 is 0 Å². The second kappa shape index (κ2) is 3.75. The van der Waals surface area contributed by atoms with Gasteiger partial charge in [-0.25, -0.2) is 4.98 Å². The Kier molecular flexibility index (Phi) is 2.45. The quantitative estimate of drug-likeness (QED) is 0.753. The van der Waals surface area contributed by atoms with Crippen molar-refractivity contribution in [3.05, 3.63) is 29.8 Å². The van der Waals surface area contributed by atoms with Crippen LogP contribution in [-0.4, -0.2) is 34.1 Å². The first-order valence-electron chi connectivity index (χ1n) is 6.15. The molecule has 2 bridgehead atoms. The molecule has 2 saturated heterocycles. The molecule has 1 N–H and O–H groups in total. The fourth-order valence-corrected chi connectivity index (χ4v) is 3.40. The van der Waals surface area contributed by atoms with Gasteiger partial charge in [0.05, 0.1) is 5.60 Å². The molecule has 1 aromatic rings. The van der Waals surface area contributed by atoms with Crippen molar-refractivity contribution in [1.29, 1.82) is 0 Å². The molecule has 92 valence electrons. The monoisotopic (exact) mass is 236 g/mol. The molecule has 0 aliphatic carbocycles. The average Bonchev–Trinajstić information content (AvgIpc) is 2.53. The maximum absolute atomic E-state index is 13.7. The molecule has 4 heteroatoms. The molecule has 0 radical (unpaired) electrons. The fraction of sp³-hybridized carbons (Fsp3) is 0.615. The summed E-state index contributed by atoms with van der Waals surface area (Å²) in [5, 5.41) is 10.7. The van der Waals surface area contributed by atoms with Crippen molar-refractivity contribution in [3.63, 3.8) is 0 Å². The van der Waals surface area contributed by atoms with Gasteiger partial charge >= 0.3 is 0 Å². The summed E-state index contributed by atoms with van der Waals surface area (Å²) in [7, 11) is 2.10. The Morgan fingerprint density at radius 3 is 2.65 bits per heavy atom. The Labute approximate surface area is 100 Å². The predicted molar refractivity (Wildman–Crippen MR) is 61.9 cm³/mol. The maximum atomic E-state index is 13.7. The Bertz CT molecular complexity index is 423. The highest BCUT2D eigenvalue weighted by molar-refractivity contribution is 5.23. The first-order valence-corrected chi connectivity index (χ1v) is 6.15. The molecular formula is C13H17FN2O. The molecule has 3 rings (SSSR count). The molecule has 0 aromatic carbocycles. The van der Waals surface area contributed by atoms with E-state index in [1.54, 1.807) is 12.1 Å². The number of piperidine rings is 1. The van der Waals surface area contributed by atoms with Gasteiger partial charge in [0.1, 0.15) is 0 Å². The lowest BCUT2D eigenvalue weighted by Gasteiger charge is -2.42. The zero-order valence-electron chi connectivity index (χ0n) is 9.93. The minimum absolute atomic E-state index is 0.366. The van der Waals surface area contributed by atoms with Crippen LogP contribution < -0.4 is 0 Å². The van der Waals surface area contributed by atoms with Crippen LogP contribution in [0.3, 0.4) is 0 Å². The Hall–Kier alpha value is -1.00. The highest BCUT2D eigenvalue weighted by Crippen LogP contribution is 2.45. The molecule has 2 aliphatic heterocycles. The van der Waals surface area contributed by atoms with E-state index in [-0.39, 0.29) is 0 Å². The van der Waals surface area contributed by atoms with Crippen molar-refractivity contribution in [2.45, 2.75) is 43.4 Å². The number of hydrogen-bond acceptors (Lipinski definition) is 3. The van der Waals surface area contributed by atoms with E-state index in [1.807, 2.05) is 0 Å². The second-order valence-corrected chi connectivity index (χ2v) is 5.33. The van der Waals surface area contributed by atoms with E-state index in [1.165, 1.54) is 6.20 Å². The number of rotatable bonds is 1. The topological polar surface area (TPSA) is 36.4 Å². The van der Waals surface area contributed by atoms with Crippen LogP contribution in [0, 0.1) is 5.95 Å². The Morgan fingerprint density at radius 2 is 2.06 bits per heavy atom. The van der Waals surface area contributed by atoms with E-state index in [4.69, 9.17) is 0 Å². The largest absolute Gasteiger partial charge is 0.385 e. The Morgan fingerprint density at radius 1 is 1.41 bits per heavy atom. The smallest absolute Gasteiger partial charge is 0.218 e. The van der Waals surface area contributed by atoms with Gasteiger partial charge in [0.25, 0.3) is 0 Å². The lowest BCUT2D eigenvalue weighted by molar-refractivity contribution is -0.0520. The van der Waals surface area contributed by atoms with Crippen LogP contribution in [0.1, 0.15) is 31.2 Å². The van der Waals surface area contributed by atoms with Crippen LogP contribution in [0.5, 0.6) is 0 Å². The van der Waals surface area contributed by atoms with Gasteiger partial charge in [0, 0.05) is 23.8 Å². The van der Waals surface area contributed by atoms with Gasteiger partial charge in [-0.15, -0.1) is 0 Å². The summed E-state index contributed by atoms with van der Waals surface area (Å²) in [6.45, 7) is 0. The van der Waals surface area contributed by atoms with Crippen LogP contribution in [0.25, 0.3) is 0 Å². The summed E-state index contributed by atoms with van der Waals surface area (Å²) in [6, 6.07) is 4.10. The molecule has 0 spiro atoms. The van der Waals surface area contributed by atoms with Crippen LogP contribution in [0.4, 0.5) is 4.39 Å². The number of aliphatic hydroxyl groups is 1. The minimum Gasteiger partial charge on any atom is -0.385 e. The summed E-state index contributed by atoms with van der Waals surface area (Å²) in [5.41, 5.74) is -0.665. The molecule has 0 amide bonds. The average molecular weight is 236 g/mol. The lowest BCUT2D eigenvalue weighted by Crippen LogP contribution is -2.48. The number of aromatic nitrogens is 1. The third-order valence-electron chi connectivity index (χ3n) is 4.39. The normalized spacial score (nSPS) is 37.4. The Balaban J connectivity index is 1.96. The van der Waals surface area contributed by atoms with Crippen LogP contribution in [0.2, 0.25) is 0 Å². The first-order chi connectivity index (χ1) is 8.10. The van der Waals surface area contributed by atoms with Crippen molar-refractivity contribution in [2.75, 3.05) is 7.05 Å². The molecule has 3 heterocycles. The number of halogens is 1.